The van der Waals surface area contributed by atoms with Gasteiger partial charge in [-0.15, -0.1) is 0 Å². The molecule has 0 aromatic rings. The van der Waals surface area contributed by atoms with Crippen LogP contribution in [-0.2, 0) is 40.9 Å². The minimum atomic E-state index is -0.574. The van der Waals surface area contributed by atoms with E-state index in [0.29, 0.717) is 12.2 Å². The van der Waals surface area contributed by atoms with Crippen LogP contribution in [0.1, 0.15) is 61.3 Å². The molecule has 0 atom stereocenters. The van der Waals surface area contributed by atoms with Gasteiger partial charge in [0, 0.05) is 6.92 Å². The van der Waals surface area contributed by atoms with E-state index in [4.69, 9.17) is 6.64 Å². The number of rotatable bonds is 7. The Balaban J connectivity index is 0. The molecule has 0 radical (unpaired) electrons. The first-order valence-electron chi connectivity index (χ1n) is 7.02. The van der Waals surface area contributed by atoms with E-state index >= 15 is 0 Å². The van der Waals surface area contributed by atoms with Crippen molar-refractivity contribution in [1.82, 2.24) is 0 Å². The quantitative estimate of drug-likeness (QED) is 0.409. The summed E-state index contributed by atoms with van der Waals surface area (Å²) in [7, 11) is 0. The van der Waals surface area contributed by atoms with Crippen LogP contribution < -0.4 is 0 Å². The zero-order chi connectivity index (χ0) is 16.1. The van der Waals surface area contributed by atoms with Crippen LogP contribution in [0.5, 0.6) is 0 Å². The Morgan fingerprint density at radius 1 is 0.950 bits per heavy atom. The molecule has 0 aliphatic heterocycles. The molecule has 0 rings (SSSR count). The predicted octanol–water partition coefficient (Wildman–Crippen LogP) is 3.26. The van der Waals surface area contributed by atoms with E-state index in [1.807, 2.05) is 41.5 Å². The van der Waals surface area contributed by atoms with Gasteiger partial charge in [0.05, 0.1) is 5.92 Å². The van der Waals surface area contributed by atoms with Gasteiger partial charge in [0.25, 0.3) is 0 Å². The molecule has 118 valence electrons. The van der Waals surface area contributed by atoms with Gasteiger partial charge in [-0.2, -0.15) is 0 Å². The number of hydrogen-bond donors (Lipinski definition) is 0. The van der Waals surface area contributed by atoms with Crippen molar-refractivity contribution < 1.29 is 40.9 Å². The van der Waals surface area contributed by atoms with Crippen molar-refractivity contribution >= 4 is 11.9 Å². The maximum atomic E-state index is 11.0. The molecule has 0 bridgehead atoms. The van der Waals surface area contributed by atoms with E-state index in [1.165, 1.54) is 6.92 Å². The Labute approximate surface area is 132 Å². The Morgan fingerprint density at radius 2 is 1.35 bits per heavy atom. The van der Waals surface area contributed by atoms with Gasteiger partial charge in [-0.05, 0) is 12.8 Å². The fraction of sp³-hybridized carbons (Fsp3) is 0.857. The van der Waals surface area contributed by atoms with Crippen molar-refractivity contribution in [2.75, 3.05) is 0 Å². The van der Waals surface area contributed by atoms with Crippen LogP contribution in [0.15, 0.2) is 0 Å². The molecule has 0 heterocycles. The largest absolute Gasteiger partial charge is 0.393 e. The molecule has 0 fully saturated rings. The zero-order valence-electron chi connectivity index (χ0n) is 13.7. The first-order valence-corrected chi connectivity index (χ1v) is 8.30. The molecule has 6 heteroatoms. The van der Waals surface area contributed by atoms with Crippen LogP contribution >= 0.6 is 0 Å². The molecule has 0 saturated heterocycles. The zero-order valence-corrected chi connectivity index (χ0v) is 15.2. The van der Waals surface area contributed by atoms with Crippen molar-refractivity contribution in [1.29, 1.82) is 0 Å². The molecule has 0 N–H and O–H groups in total. The minimum Gasteiger partial charge on any atom is -0.393 e. The molecule has 20 heavy (non-hydrogen) atoms. The maximum absolute atomic E-state index is 11.0. The van der Waals surface area contributed by atoms with Gasteiger partial charge >= 0.3 is 78.4 Å². The monoisotopic (exact) mass is 324 g/mol. The van der Waals surface area contributed by atoms with Gasteiger partial charge in [-0.1, -0.05) is 13.8 Å². The van der Waals surface area contributed by atoms with Crippen LogP contribution in [-0.4, -0.2) is 24.1 Å². The average Bonchev–Trinajstić information content (AvgIpc) is 2.29. The molecular formula is C14H28O5Ti. The Bertz CT molecular complexity index is 254. The third-order valence-corrected chi connectivity index (χ3v) is 3.90. The molecule has 5 nitrogen and oxygen atoms in total. The summed E-state index contributed by atoms with van der Waals surface area (Å²) in [6, 6.07) is 0. The average molecular weight is 324 g/mol. The summed E-state index contributed by atoms with van der Waals surface area (Å²) in [4.78, 5) is 21.3. The second-order valence-corrected chi connectivity index (χ2v) is 5.84. The second kappa shape index (κ2) is 13.7. The fourth-order valence-corrected chi connectivity index (χ4v) is 1.76. The summed E-state index contributed by atoms with van der Waals surface area (Å²) in [5.74, 6) is -1.05. The summed E-state index contributed by atoms with van der Waals surface area (Å²) in [6.07, 6.45) is 2.10. The van der Waals surface area contributed by atoms with Gasteiger partial charge in [0.1, 0.15) is 0 Å². The fourth-order valence-electron chi connectivity index (χ4n) is 1.07. The molecule has 0 aliphatic carbocycles. The first kappa shape index (κ1) is 22.1. The van der Waals surface area contributed by atoms with Crippen LogP contribution in [0, 0.1) is 5.92 Å². The molecule has 0 saturated carbocycles. The van der Waals surface area contributed by atoms with E-state index in [1.54, 1.807) is 0 Å². The Morgan fingerprint density at radius 3 is 1.60 bits per heavy atom. The normalized spacial score (nSPS) is 10.3. The van der Waals surface area contributed by atoms with Crippen LogP contribution in [0.4, 0.5) is 0 Å². The standard InChI is InChI=1S/C8H14O3.2C3H7O.Ti/c1-4-7(5-2)8(10)11-6(3)9;2*1-3(2)4;/h7H,4-5H2,1-3H3;2*3H,1-2H3;/q;2*-1;+2. The van der Waals surface area contributed by atoms with Gasteiger partial charge in [0.2, 0.25) is 0 Å². The second-order valence-electron chi connectivity index (χ2n) is 4.84. The SMILES string of the molecule is CC(C)[O][Ti][O]C(C)C.CCC(CC)C(=O)OC(C)=O. The van der Waals surface area contributed by atoms with E-state index in [-0.39, 0.29) is 5.92 Å². The minimum absolute atomic E-state index is 0.126. The number of hydrogen-bond acceptors (Lipinski definition) is 5. The van der Waals surface area contributed by atoms with Crippen molar-refractivity contribution in [2.24, 2.45) is 5.92 Å². The van der Waals surface area contributed by atoms with Gasteiger partial charge in [-0.25, -0.2) is 0 Å². The maximum Gasteiger partial charge on any atom is 0.316 e. The van der Waals surface area contributed by atoms with E-state index < -0.39 is 31.9 Å². The van der Waals surface area contributed by atoms with Gasteiger partial charge in [0.15, 0.2) is 0 Å². The topological polar surface area (TPSA) is 61.8 Å². The van der Waals surface area contributed by atoms with Crippen molar-refractivity contribution in [2.45, 2.75) is 73.5 Å². The number of esters is 2. The van der Waals surface area contributed by atoms with Crippen LogP contribution in [0.3, 0.4) is 0 Å². The van der Waals surface area contributed by atoms with E-state index in [0.717, 1.165) is 12.8 Å². The Hall–Kier alpha value is -0.226. The molecule has 0 amide bonds. The molecule has 0 aromatic heterocycles. The van der Waals surface area contributed by atoms with Crippen molar-refractivity contribution in [3.63, 3.8) is 0 Å². The molecule has 0 spiro atoms. The summed E-state index contributed by atoms with van der Waals surface area (Å²) >= 11 is -0.574. The van der Waals surface area contributed by atoms with Crippen LogP contribution in [0.2, 0.25) is 0 Å². The summed E-state index contributed by atoms with van der Waals surface area (Å²) in [5.41, 5.74) is 0. The summed E-state index contributed by atoms with van der Waals surface area (Å²) in [5, 5.41) is 0. The summed E-state index contributed by atoms with van der Waals surface area (Å²) < 4.78 is 14.9. The third kappa shape index (κ3) is 15.8. The van der Waals surface area contributed by atoms with Gasteiger partial charge < -0.3 is 4.74 Å². The predicted molar refractivity (Wildman–Crippen MR) is 73.3 cm³/mol. The number of carbonyl (C=O) groups is 2. The summed E-state index contributed by atoms with van der Waals surface area (Å²) in [6.45, 7) is 13.1. The van der Waals surface area contributed by atoms with E-state index in [9.17, 15) is 9.59 Å². The van der Waals surface area contributed by atoms with Crippen molar-refractivity contribution in [3.05, 3.63) is 0 Å². The molecule has 0 unspecified atom stereocenters. The molecular weight excluding hydrogens is 296 g/mol. The number of carbonyl (C=O) groups excluding carboxylic acids is 2. The first-order chi connectivity index (χ1) is 9.24. The van der Waals surface area contributed by atoms with Crippen molar-refractivity contribution in [3.8, 4) is 0 Å². The molecule has 0 aliphatic rings. The number of ether oxygens (including phenoxy) is 1. The van der Waals surface area contributed by atoms with Crippen LogP contribution in [0.25, 0.3) is 0 Å². The van der Waals surface area contributed by atoms with E-state index in [2.05, 4.69) is 4.74 Å². The third-order valence-electron chi connectivity index (χ3n) is 2.13. The van der Waals surface area contributed by atoms with Gasteiger partial charge in [-0.3, -0.25) is 9.59 Å². The Kier molecular flexibility index (Phi) is 15.2. The smallest absolute Gasteiger partial charge is 0.316 e. The molecule has 0 aromatic carbocycles.